The largest absolute Gasteiger partial charge is 0.464 e. The van der Waals surface area contributed by atoms with Gasteiger partial charge in [0.1, 0.15) is 6.61 Å². The molecule has 0 bridgehead atoms. The molecule has 1 heterocycles. The van der Waals surface area contributed by atoms with E-state index in [1.807, 2.05) is 0 Å². The second kappa shape index (κ2) is 5.11. The van der Waals surface area contributed by atoms with Crippen molar-refractivity contribution in [3.63, 3.8) is 0 Å². The highest BCUT2D eigenvalue weighted by Crippen LogP contribution is 2.09. The van der Waals surface area contributed by atoms with Crippen LogP contribution in [0.5, 0.6) is 0 Å². The van der Waals surface area contributed by atoms with E-state index in [2.05, 4.69) is 0 Å². The Kier molecular flexibility index (Phi) is 4.08. The lowest BCUT2D eigenvalue weighted by molar-refractivity contribution is -0.143. The smallest absolute Gasteiger partial charge is 0.302 e. The maximum absolute atomic E-state index is 11.2. The summed E-state index contributed by atoms with van der Waals surface area (Å²) in [6.07, 6.45) is 0. The molecule has 0 aliphatic carbocycles. The average Bonchev–Trinajstić information content (AvgIpc) is 2.08. The summed E-state index contributed by atoms with van der Waals surface area (Å²) in [5, 5.41) is 0. The Labute approximate surface area is 81.6 Å². The summed E-state index contributed by atoms with van der Waals surface area (Å²) in [5.41, 5.74) is 0. The van der Waals surface area contributed by atoms with E-state index in [9.17, 15) is 9.59 Å². The van der Waals surface area contributed by atoms with Crippen LogP contribution in [0.25, 0.3) is 0 Å². The van der Waals surface area contributed by atoms with Crippen molar-refractivity contribution in [3.8, 4) is 0 Å². The highest BCUT2D eigenvalue weighted by Gasteiger charge is 2.17. The van der Waals surface area contributed by atoms with Crippen molar-refractivity contribution in [2.75, 3.05) is 31.2 Å². The molecule has 0 atom stereocenters. The molecule has 5 heteroatoms. The van der Waals surface area contributed by atoms with Crippen LogP contribution in [0.2, 0.25) is 0 Å². The van der Waals surface area contributed by atoms with Crippen molar-refractivity contribution < 1.29 is 14.3 Å². The van der Waals surface area contributed by atoms with Gasteiger partial charge in [0.15, 0.2) is 0 Å². The van der Waals surface area contributed by atoms with E-state index >= 15 is 0 Å². The van der Waals surface area contributed by atoms with Gasteiger partial charge in [-0.2, -0.15) is 11.8 Å². The normalized spacial score (nSPS) is 17.3. The average molecular weight is 203 g/mol. The predicted octanol–water partition coefficient (Wildman–Crippen LogP) is 0.125. The lowest BCUT2D eigenvalue weighted by atomic mass is 10.4. The van der Waals surface area contributed by atoms with Crippen molar-refractivity contribution in [3.05, 3.63) is 0 Å². The molecule has 74 valence electrons. The topological polar surface area (TPSA) is 46.6 Å². The zero-order valence-electron chi connectivity index (χ0n) is 7.62. The molecule has 0 unspecified atom stereocenters. The van der Waals surface area contributed by atoms with Gasteiger partial charge in [0.2, 0.25) is 5.91 Å². The Morgan fingerprint density at radius 1 is 1.69 bits per heavy atom. The van der Waals surface area contributed by atoms with Gasteiger partial charge in [0, 0.05) is 19.2 Å². The van der Waals surface area contributed by atoms with Gasteiger partial charge in [-0.3, -0.25) is 9.59 Å². The first-order valence-corrected chi connectivity index (χ1v) is 5.34. The fraction of sp³-hybridized carbons (Fsp3) is 0.750. The molecule has 0 aromatic carbocycles. The van der Waals surface area contributed by atoms with Gasteiger partial charge < -0.3 is 9.64 Å². The maximum Gasteiger partial charge on any atom is 0.302 e. The molecule has 0 spiro atoms. The molecule has 1 fully saturated rings. The third-order valence-corrected chi connectivity index (χ3v) is 2.67. The predicted molar refractivity (Wildman–Crippen MR) is 50.5 cm³/mol. The molecule has 1 aliphatic heterocycles. The van der Waals surface area contributed by atoms with Crippen LogP contribution in [0, 0.1) is 0 Å². The molecule has 1 rings (SSSR count). The van der Waals surface area contributed by atoms with E-state index < -0.39 is 0 Å². The van der Waals surface area contributed by atoms with Crippen molar-refractivity contribution in [2.24, 2.45) is 0 Å². The number of rotatable bonds is 3. The number of carbonyl (C=O) groups is 2. The van der Waals surface area contributed by atoms with Gasteiger partial charge >= 0.3 is 5.97 Å². The van der Waals surface area contributed by atoms with Crippen LogP contribution in [-0.4, -0.2) is 48.0 Å². The molecule has 0 aromatic rings. The van der Waals surface area contributed by atoms with E-state index in [1.54, 1.807) is 16.7 Å². The molecule has 13 heavy (non-hydrogen) atoms. The minimum atomic E-state index is -0.293. The standard InChI is InChI=1S/C8H13NO3S/c1-7(10)12-4-2-9-3-5-13-6-8(9)11/h2-6H2,1H3. The molecular weight excluding hydrogens is 190 g/mol. The van der Waals surface area contributed by atoms with Gasteiger partial charge in [-0.25, -0.2) is 0 Å². The quantitative estimate of drug-likeness (QED) is 0.611. The maximum atomic E-state index is 11.2. The van der Waals surface area contributed by atoms with E-state index in [-0.39, 0.29) is 11.9 Å². The van der Waals surface area contributed by atoms with Crippen molar-refractivity contribution in [2.45, 2.75) is 6.92 Å². The molecule has 4 nitrogen and oxygen atoms in total. The lowest BCUT2D eigenvalue weighted by Gasteiger charge is -2.25. The molecule has 0 radical (unpaired) electrons. The van der Waals surface area contributed by atoms with E-state index in [4.69, 9.17) is 4.74 Å². The Morgan fingerprint density at radius 2 is 2.46 bits per heavy atom. The molecule has 0 N–H and O–H groups in total. The SMILES string of the molecule is CC(=O)OCCN1CCSCC1=O. The minimum Gasteiger partial charge on any atom is -0.464 e. The summed E-state index contributed by atoms with van der Waals surface area (Å²) in [6.45, 7) is 2.98. The van der Waals surface area contributed by atoms with Gasteiger partial charge in [-0.05, 0) is 0 Å². The molecule has 0 aromatic heterocycles. The van der Waals surface area contributed by atoms with Crippen LogP contribution in [0.3, 0.4) is 0 Å². The fourth-order valence-corrected chi connectivity index (χ4v) is 1.94. The van der Waals surface area contributed by atoms with E-state index in [0.29, 0.717) is 18.9 Å². The van der Waals surface area contributed by atoms with E-state index in [1.165, 1.54) is 6.92 Å². The fourth-order valence-electron chi connectivity index (χ4n) is 1.09. The second-order valence-electron chi connectivity index (χ2n) is 2.77. The number of amides is 1. The van der Waals surface area contributed by atoms with Gasteiger partial charge in [-0.1, -0.05) is 0 Å². The van der Waals surface area contributed by atoms with Crippen molar-refractivity contribution in [1.29, 1.82) is 0 Å². The summed E-state index contributed by atoms with van der Waals surface area (Å²) in [6, 6.07) is 0. The van der Waals surface area contributed by atoms with Crippen LogP contribution in [-0.2, 0) is 14.3 Å². The number of thioether (sulfide) groups is 1. The number of hydrogen-bond donors (Lipinski definition) is 0. The Balaban J connectivity index is 2.19. The zero-order chi connectivity index (χ0) is 9.68. The van der Waals surface area contributed by atoms with Crippen LogP contribution in [0.1, 0.15) is 6.92 Å². The highest BCUT2D eigenvalue weighted by atomic mass is 32.2. The second-order valence-corrected chi connectivity index (χ2v) is 3.88. The number of hydrogen-bond acceptors (Lipinski definition) is 4. The summed E-state index contributed by atoms with van der Waals surface area (Å²) in [5.74, 6) is 1.38. The first-order chi connectivity index (χ1) is 6.20. The van der Waals surface area contributed by atoms with E-state index in [0.717, 1.165) is 12.3 Å². The van der Waals surface area contributed by atoms with Gasteiger partial charge in [0.05, 0.1) is 12.3 Å². The third-order valence-electron chi connectivity index (χ3n) is 1.75. The lowest BCUT2D eigenvalue weighted by Crippen LogP contribution is -2.40. The van der Waals surface area contributed by atoms with Crippen LogP contribution >= 0.6 is 11.8 Å². The Bertz CT molecular complexity index is 208. The molecule has 0 saturated carbocycles. The molecule has 1 aliphatic rings. The summed E-state index contributed by atoms with van der Waals surface area (Å²) >= 11 is 1.65. The zero-order valence-corrected chi connectivity index (χ0v) is 8.43. The highest BCUT2D eigenvalue weighted by molar-refractivity contribution is 8.00. The van der Waals surface area contributed by atoms with Gasteiger partial charge in [0.25, 0.3) is 0 Å². The minimum absolute atomic E-state index is 0.142. The Hall–Kier alpha value is -0.710. The monoisotopic (exact) mass is 203 g/mol. The summed E-state index contributed by atoms with van der Waals surface area (Å²) < 4.78 is 4.75. The number of nitrogens with zero attached hydrogens (tertiary/aromatic N) is 1. The first-order valence-electron chi connectivity index (χ1n) is 4.19. The summed E-state index contributed by atoms with van der Waals surface area (Å²) in [4.78, 5) is 23.4. The van der Waals surface area contributed by atoms with Crippen molar-refractivity contribution >= 4 is 23.6 Å². The third kappa shape index (κ3) is 3.67. The molecule has 1 amide bonds. The van der Waals surface area contributed by atoms with Crippen LogP contribution in [0.4, 0.5) is 0 Å². The van der Waals surface area contributed by atoms with Crippen molar-refractivity contribution in [1.82, 2.24) is 4.90 Å². The number of carbonyl (C=O) groups excluding carboxylic acids is 2. The first kappa shape index (κ1) is 10.4. The number of ether oxygens (including phenoxy) is 1. The van der Waals surface area contributed by atoms with Gasteiger partial charge in [-0.15, -0.1) is 0 Å². The molecule has 1 saturated heterocycles. The van der Waals surface area contributed by atoms with Crippen LogP contribution in [0.15, 0.2) is 0 Å². The Morgan fingerprint density at radius 3 is 3.08 bits per heavy atom. The molecular formula is C8H13NO3S. The summed E-state index contributed by atoms with van der Waals surface area (Å²) in [7, 11) is 0. The van der Waals surface area contributed by atoms with Crippen LogP contribution < -0.4 is 0 Å². The number of esters is 1.